The van der Waals surface area contributed by atoms with E-state index < -0.39 is 5.54 Å². The van der Waals surface area contributed by atoms with E-state index in [4.69, 9.17) is 10.5 Å². The molecule has 3 heteroatoms. The van der Waals surface area contributed by atoms with Crippen LogP contribution in [0, 0.1) is 12.8 Å². The monoisotopic (exact) mass is 275 g/mol. The molecule has 2 unspecified atom stereocenters. The SMILES string of the molecule is COc1ccc(C)cc1CC(=O)C1(N)CCCC(C)C1. The van der Waals surface area contributed by atoms with E-state index in [9.17, 15) is 4.79 Å². The number of hydrogen-bond acceptors (Lipinski definition) is 3. The third-order valence-electron chi connectivity index (χ3n) is 4.37. The molecule has 1 aromatic rings. The van der Waals surface area contributed by atoms with Crippen molar-refractivity contribution >= 4 is 5.78 Å². The summed E-state index contributed by atoms with van der Waals surface area (Å²) in [6, 6.07) is 5.94. The van der Waals surface area contributed by atoms with Crippen molar-refractivity contribution in [2.75, 3.05) is 7.11 Å². The van der Waals surface area contributed by atoms with Crippen LogP contribution in [0.15, 0.2) is 18.2 Å². The van der Waals surface area contributed by atoms with Gasteiger partial charge in [-0.2, -0.15) is 0 Å². The molecule has 20 heavy (non-hydrogen) atoms. The molecule has 0 bridgehead atoms. The van der Waals surface area contributed by atoms with E-state index in [1.54, 1.807) is 7.11 Å². The molecule has 0 saturated heterocycles. The fraction of sp³-hybridized carbons (Fsp3) is 0.588. The van der Waals surface area contributed by atoms with E-state index in [0.717, 1.165) is 36.1 Å². The van der Waals surface area contributed by atoms with Crippen LogP contribution in [0.25, 0.3) is 0 Å². The number of ketones is 1. The maximum Gasteiger partial charge on any atom is 0.157 e. The first kappa shape index (κ1) is 15.0. The van der Waals surface area contributed by atoms with Gasteiger partial charge >= 0.3 is 0 Å². The predicted octanol–water partition coefficient (Wildman–Crippen LogP) is 3.02. The molecule has 1 aliphatic rings. The summed E-state index contributed by atoms with van der Waals surface area (Å²) in [5.41, 5.74) is 7.81. The lowest BCUT2D eigenvalue weighted by molar-refractivity contribution is -0.125. The first-order chi connectivity index (χ1) is 9.44. The van der Waals surface area contributed by atoms with Crippen molar-refractivity contribution in [2.45, 2.75) is 51.5 Å². The Morgan fingerprint density at radius 2 is 2.25 bits per heavy atom. The highest BCUT2D eigenvalue weighted by Gasteiger charge is 2.37. The van der Waals surface area contributed by atoms with Gasteiger partial charge in [-0.1, -0.05) is 37.5 Å². The second-order valence-corrected chi connectivity index (χ2v) is 6.27. The quantitative estimate of drug-likeness (QED) is 0.919. The molecule has 3 nitrogen and oxygen atoms in total. The van der Waals surface area contributed by atoms with Crippen LogP contribution in [0.2, 0.25) is 0 Å². The zero-order valence-electron chi connectivity index (χ0n) is 12.7. The van der Waals surface area contributed by atoms with Gasteiger partial charge in [0.15, 0.2) is 5.78 Å². The van der Waals surface area contributed by atoms with Gasteiger partial charge in [-0.3, -0.25) is 4.79 Å². The molecule has 1 aliphatic carbocycles. The highest BCUT2D eigenvalue weighted by Crippen LogP contribution is 2.32. The number of aryl methyl sites for hydroxylation is 1. The van der Waals surface area contributed by atoms with Crippen molar-refractivity contribution < 1.29 is 9.53 Å². The first-order valence-electron chi connectivity index (χ1n) is 7.40. The summed E-state index contributed by atoms with van der Waals surface area (Å²) in [5, 5.41) is 0. The van der Waals surface area contributed by atoms with Gasteiger partial charge in [0.2, 0.25) is 0 Å². The average molecular weight is 275 g/mol. The third-order valence-corrected chi connectivity index (χ3v) is 4.37. The van der Waals surface area contributed by atoms with Gasteiger partial charge in [-0.25, -0.2) is 0 Å². The fourth-order valence-electron chi connectivity index (χ4n) is 3.24. The van der Waals surface area contributed by atoms with Crippen LogP contribution in [-0.4, -0.2) is 18.4 Å². The lowest BCUT2D eigenvalue weighted by atomic mass is 9.73. The Hall–Kier alpha value is -1.35. The number of benzene rings is 1. The Balaban J connectivity index is 2.17. The van der Waals surface area contributed by atoms with Crippen LogP contribution in [0.5, 0.6) is 5.75 Å². The molecule has 2 atom stereocenters. The molecule has 1 aromatic carbocycles. The van der Waals surface area contributed by atoms with Crippen molar-refractivity contribution in [1.29, 1.82) is 0 Å². The molecular weight excluding hydrogens is 250 g/mol. The first-order valence-corrected chi connectivity index (χ1v) is 7.40. The normalized spacial score (nSPS) is 26.3. The zero-order valence-corrected chi connectivity index (χ0v) is 12.7. The number of methoxy groups -OCH3 is 1. The summed E-state index contributed by atoms with van der Waals surface area (Å²) in [4.78, 5) is 12.6. The Kier molecular flexibility index (Phi) is 4.48. The summed E-state index contributed by atoms with van der Waals surface area (Å²) in [5.74, 6) is 1.46. The van der Waals surface area contributed by atoms with Crippen LogP contribution >= 0.6 is 0 Å². The lowest BCUT2D eigenvalue weighted by Crippen LogP contribution is -2.51. The lowest BCUT2D eigenvalue weighted by Gasteiger charge is -2.35. The summed E-state index contributed by atoms with van der Waals surface area (Å²) in [6.45, 7) is 4.20. The van der Waals surface area contributed by atoms with Crippen LogP contribution in [0.3, 0.4) is 0 Å². The second kappa shape index (κ2) is 5.96. The smallest absolute Gasteiger partial charge is 0.157 e. The number of carbonyl (C=O) groups excluding carboxylic acids is 1. The van der Waals surface area contributed by atoms with Gasteiger partial charge < -0.3 is 10.5 Å². The molecule has 0 aromatic heterocycles. The van der Waals surface area contributed by atoms with E-state index in [-0.39, 0.29) is 5.78 Å². The number of nitrogens with two attached hydrogens (primary N) is 1. The maximum atomic E-state index is 12.6. The van der Waals surface area contributed by atoms with E-state index in [1.165, 1.54) is 6.42 Å². The van der Waals surface area contributed by atoms with Crippen molar-refractivity contribution in [3.05, 3.63) is 29.3 Å². The van der Waals surface area contributed by atoms with Gasteiger partial charge in [0.25, 0.3) is 0 Å². The van der Waals surface area contributed by atoms with Gasteiger partial charge in [0.05, 0.1) is 12.6 Å². The summed E-state index contributed by atoms with van der Waals surface area (Å²) in [6.07, 6.45) is 4.21. The molecule has 2 rings (SSSR count). The third kappa shape index (κ3) is 3.21. The fourth-order valence-corrected chi connectivity index (χ4v) is 3.24. The number of ether oxygens (including phenoxy) is 1. The van der Waals surface area contributed by atoms with Crippen LogP contribution in [0.4, 0.5) is 0 Å². The predicted molar refractivity (Wildman–Crippen MR) is 81.0 cm³/mol. The van der Waals surface area contributed by atoms with E-state index in [2.05, 4.69) is 6.92 Å². The molecule has 0 amide bonds. The summed E-state index contributed by atoms with van der Waals surface area (Å²) < 4.78 is 5.35. The molecule has 0 radical (unpaired) electrons. The number of Topliss-reactive ketones (excluding diaryl/α,β-unsaturated/α-hetero) is 1. The average Bonchev–Trinajstić information content (AvgIpc) is 2.38. The Morgan fingerprint density at radius 3 is 2.90 bits per heavy atom. The van der Waals surface area contributed by atoms with Crippen LogP contribution < -0.4 is 10.5 Å². The van der Waals surface area contributed by atoms with E-state index >= 15 is 0 Å². The molecule has 1 fully saturated rings. The molecule has 0 heterocycles. The number of hydrogen-bond donors (Lipinski definition) is 1. The number of rotatable bonds is 4. The molecular formula is C17H25NO2. The van der Waals surface area contributed by atoms with Crippen molar-refractivity contribution in [1.82, 2.24) is 0 Å². The Bertz CT molecular complexity index is 498. The minimum atomic E-state index is -0.646. The molecule has 0 aliphatic heterocycles. The molecule has 2 N–H and O–H groups in total. The molecule has 110 valence electrons. The van der Waals surface area contributed by atoms with Crippen molar-refractivity contribution in [3.63, 3.8) is 0 Å². The standard InChI is InChI=1S/C17H25NO2/c1-12-6-7-15(20-3)14(9-12)10-16(19)17(18)8-4-5-13(2)11-17/h6-7,9,13H,4-5,8,10-11,18H2,1-3H3. The van der Waals surface area contributed by atoms with Gasteiger partial charge in [-0.05, 0) is 31.7 Å². The number of carbonyl (C=O) groups is 1. The topological polar surface area (TPSA) is 52.3 Å². The Labute approximate surface area is 121 Å². The van der Waals surface area contributed by atoms with Crippen LogP contribution in [-0.2, 0) is 11.2 Å². The van der Waals surface area contributed by atoms with E-state index in [0.29, 0.717) is 12.3 Å². The largest absolute Gasteiger partial charge is 0.496 e. The van der Waals surface area contributed by atoms with Crippen LogP contribution in [0.1, 0.15) is 43.7 Å². The van der Waals surface area contributed by atoms with Gasteiger partial charge in [0, 0.05) is 12.0 Å². The highest BCUT2D eigenvalue weighted by atomic mass is 16.5. The molecule has 1 saturated carbocycles. The van der Waals surface area contributed by atoms with Gasteiger partial charge in [-0.15, -0.1) is 0 Å². The van der Waals surface area contributed by atoms with Crippen molar-refractivity contribution in [2.24, 2.45) is 11.7 Å². The Morgan fingerprint density at radius 1 is 1.50 bits per heavy atom. The minimum absolute atomic E-state index is 0.146. The van der Waals surface area contributed by atoms with Gasteiger partial charge in [0.1, 0.15) is 5.75 Å². The summed E-state index contributed by atoms with van der Waals surface area (Å²) in [7, 11) is 1.64. The minimum Gasteiger partial charge on any atom is -0.496 e. The zero-order chi connectivity index (χ0) is 14.8. The van der Waals surface area contributed by atoms with Crippen molar-refractivity contribution in [3.8, 4) is 5.75 Å². The van der Waals surface area contributed by atoms with E-state index in [1.807, 2.05) is 25.1 Å². The molecule has 0 spiro atoms. The maximum absolute atomic E-state index is 12.6. The second-order valence-electron chi connectivity index (χ2n) is 6.27. The summed E-state index contributed by atoms with van der Waals surface area (Å²) >= 11 is 0. The highest BCUT2D eigenvalue weighted by molar-refractivity contribution is 5.90.